The van der Waals surface area contributed by atoms with Crippen molar-refractivity contribution >= 4 is 5.69 Å². The summed E-state index contributed by atoms with van der Waals surface area (Å²) in [6, 6.07) is 8.29. The molecule has 0 aromatic heterocycles. The topological polar surface area (TPSA) is 27.0 Å². The van der Waals surface area contributed by atoms with E-state index in [2.05, 4.69) is 37.0 Å². The lowest BCUT2D eigenvalue weighted by molar-refractivity contribution is 0.790. The summed E-state index contributed by atoms with van der Waals surface area (Å²) < 4.78 is 0. The van der Waals surface area contributed by atoms with E-state index in [1.165, 1.54) is 11.1 Å². The van der Waals surface area contributed by atoms with Crippen molar-refractivity contribution in [1.29, 1.82) is 5.26 Å². The molecule has 1 aromatic carbocycles. The lowest BCUT2D eigenvalue weighted by atomic mass is 10.1. The minimum Gasteiger partial charge on any atom is -0.366 e. The third kappa shape index (κ3) is 2.09. The average molecular weight is 212 g/mol. The van der Waals surface area contributed by atoms with Gasteiger partial charge in [-0.3, -0.25) is 0 Å². The van der Waals surface area contributed by atoms with Crippen LogP contribution < -0.4 is 4.90 Å². The van der Waals surface area contributed by atoms with Crippen molar-refractivity contribution in [1.82, 2.24) is 0 Å². The predicted molar refractivity (Wildman–Crippen MR) is 66.5 cm³/mol. The molecule has 0 saturated heterocycles. The monoisotopic (exact) mass is 212 g/mol. The number of nitriles is 1. The smallest absolute Gasteiger partial charge is 0.101 e. The standard InChI is InChI=1S/C14H16N2/c1-11-5-6-13(9-15)14(8-11)16-7-3-4-12(2)10-16/h4-6,8H,3,7,10H2,1-2H3. The van der Waals surface area contributed by atoms with Gasteiger partial charge in [0.2, 0.25) is 0 Å². The van der Waals surface area contributed by atoms with E-state index in [9.17, 15) is 0 Å². The lowest BCUT2D eigenvalue weighted by Gasteiger charge is -2.29. The van der Waals surface area contributed by atoms with Crippen LogP contribution in [0.3, 0.4) is 0 Å². The largest absolute Gasteiger partial charge is 0.366 e. The van der Waals surface area contributed by atoms with Gasteiger partial charge >= 0.3 is 0 Å². The molecular formula is C14H16N2. The maximum Gasteiger partial charge on any atom is 0.101 e. The molecule has 0 unspecified atom stereocenters. The van der Waals surface area contributed by atoms with E-state index >= 15 is 0 Å². The number of aryl methyl sites for hydroxylation is 1. The molecule has 1 aliphatic rings. The zero-order valence-corrected chi connectivity index (χ0v) is 9.83. The van der Waals surface area contributed by atoms with Gasteiger partial charge in [0.1, 0.15) is 6.07 Å². The fraction of sp³-hybridized carbons (Fsp3) is 0.357. The van der Waals surface area contributed by atoms with Crippen LogP contribution in [-0.4, -0.2) is 13.1 Å². The van der Waals surface area contributed by atoms with Gasteiger partial charge in [0.25, 0.3) is 0 Å². The van der Waals surface area contributed by atoms with Crippen LogP contribution in [0.1, 0.15) is 24.5 Å². The van der Waals surface area contributed by atoms with Crippen molar-refractivity contribution < 1.29 is 0 Å². The third-order valence-electron chi connectivity index (χ3n) is 2.95. The molecule has 1 aromatic rings. The highest BCUT2D eigenvalue weighted by atomic mass is 15.1. The highest BCUT2D eigenvalue weighted by molar-refractivity contribution is 5.61. The molecule has 2 rings (SSSR count). The summed E-state index contributed by atoms with van der Waals surface area (Å²) in [7, 11) is 0. The molecule has 0 aliphatic carbocycles. The molecule has 0 saturated carbocycles. The fourth-order valence-electron chi connectivity index (χ4n) is 2.11. The van der Waals surface area contributed by atoms with Crippen LogP contribution >= 0.6 is 0 Å². The van der Waals surface area contributed by atoms with Crippen LogP contribution in [0.25, 0.3) is 0 Å². The Morgan fingerprint density at radius 3 is 2.81 bits per heavy atom. The van der Waals surface area contributed by atoms with Gasteiger partial charge in [-0.25, -0.2) is 0 Å². The van der Waals surface area contributed by atoms with Gasteiger partial charge in [0.15, 0.2) is 0 Å². The summed E-state index contributed by atoms with van der Waals surface area (Å²) in [5.41, 5.74) is 4.45. The quantitative estimate of drug-likeness (QED) is 0.669. The number of rotatable bonds is 1. The molecule has 0 fully saturated rings. The Hall–Kier alpha value is -1.75. The Morgan fingerprint density at radius 2 is 2.12 bits per heavy atom. The molecule has 16 heavy (non-hydrogen) atoms. The summed E-state index contributed by atoms with van der Waals surface area (Å²) >= 11 is 0. The molecule has 2 nitrogen and oxygen atoms in total. The Morgan fingerprint density at radius 1 is 1.31 bits per heavy atom. The highest BCUT2D eigenvalue weighted by Crippen LogP contribution is 2.24. The van der Waals surface area contributed by atoms with Crippen molar-refractivity contribution in [3.05, 3.63) is 41.0 Å². The number of benzene rings is 1. The molecule has 2 heteroatoms. The molecule has 1 aliphatic heterocycles. The van der Waals surface area contributed by atoms with E-state index in [-0.39, 0.29) is 0 Å². The Balaban J connectivity index is 2.36. The maximum absolute atomic E-state index is 9.11. The molecule has 0 atom stereocenters. The van der Waals surface area contributed by atoms with E-state index in [0.717, 1.165) is 30.8 Å². The first kappa shape index (κ1) is 10.8. The van der Waals surface area contributed by atoms with Crippen LogP contribution in [0.5, 0.6) is 0 Å². The Bertz CT molecular complexity index is 466. The SMILES string of the molecule is CC1=CCCN(c2cc(C)ccc2C#N)C1. The van der Waals surface area contributed by atoms with Gasteiger partial charge in [-0.2, -0.15) is 5.26 Å². The van der Waals surface area contributed by atoms with Crippen LogP contribution in [0.2, 0.25) is 0 Å². The van der Waals surface area contributed by atoms with Gasteiger partial charge in [-0.05, 0) is 38.0 Å². The molecule has 0 spiro atoms. The van der Waals surface area contributed by atoms with Gasteiger partial charge < -0.3 is 4.90 Å². The predicted octanol–water partition coefficient (Wildman–Crippen LogP) is 3.02. The van der Waals surface area contributed by atoms with Gasteiger partial charge in [-0.1, -0.05) is 17.7 Å². The minimum absolute atomic E-state index is 0.778. The van der Waals surface area contributed by atoms with Gasteiger partial charge in [-0.15, -0.1) is 0 Å². The van der Waals surface area contributed by atoms with Gasteiger partial charge in [0.05, 0.1) is 11.3 Å². The first-order chi connectivity index (χ1) is 7.70. The molecule has 0 radical (unpaired) electrons. The van der Waals surface area contributed by atoms with Crippen LogP contribution in [0.4, 0.5) is 5.69 Å². The number of anilines is 1. The number of hydrogen-bond acceptors (Lipinski definition) is 2. The van der Waals surface area contributed by atoms with Crippen molar-refractivity contribution in [3.63, 3.8) is 0 Å². The summed E-state index contributed by atoms with van der Waals surface area (Å²) in [4.78, 5) is 2.29. The summed E-state index contributed by atoms with van der Waals surface area (Å²) in [5, 5.41) is 9.11. The minimum atomic E-state index is 0.778. The summed E-state index contributed by atoms with van der Waals surface area (Å²) in [6.07, 6.45) is 3.35. The summed E-state index contributed by atoms with van der Waals surface area (Å²) in [5.74, 6) is 0. The van der Waals surface area contributed by atoms with Gasteiger partial charge in [0, 0.05) is 13.1 Å². The van der Waals surface area contributed by atoms with Crippen molar-refractivity contribution in [2.45, 2.75) is 20.3 Å². The summed E-state index contributed by atoms with van der Waals surface area (Å²) in [6.45, 7) is 6.17. The lowest BCUT2D eigenvalue weighted by Crippen LogP contribution is -2.29. The van der Waals surface area contributed by atoms with E-state index < -0.39 is 0 Å². The van der Waals surface area contributed by atoms with E-state index in [4.69, 9.17) is 5.26 Å². The van der Waals surface area contributed by atoms with Crippen LogP contribution in [0, 0.1) is 18.3 Å². The van der Waals surface area contributed by atoms with Crippen molar-refractivity contribution in [2.75, 3.05) is 18.0 Å². The first-order valence-electron chi connectivity index (χ1n) is 5.62. The second-order valence-electron chi connectivity index (χ2n) is 4.39. The van der Waals surface area contributed by atoms with E-state index in [0.29, 0.717) is 0 Å². The normalized spacial score (nSPS) is 15.6. The molecular weight excluding hydrogens is 196 g/mol. The second kappa shape index (κ2) is 4.40. The van der Waals surface area contributed by atoms with E-state index in [1.807, 2.05) is 12.1 Å². The number of nitrogens with zero attached hydrogens (tertiary/aromatic N) is 2. The molecule has 0 amide bonds. The first-order valence-corrected chi connectivity index (χ1v) is 5.62. The van der Waals surface area contributed by atoms with E-state index in [1.54, 1.807) is 0 Å². The van der Waals surface area contributed by atoms with Crippen LogP contribution in [-0.2, 0) is 0 Å². The van der Waals surface area contributed by atoms with Crippen LogP contribution in [0.15, 0.2) is 29.8 Å². The maximum atomic E-state index is 9.11. The second-order valence-corrected chi connectivity index (χ2v) is 4.39. The molecule has 0 N–H and O–H groups in total. The third-order valence-corrected chi connectivity index (χ3v) is 2.95. The fourth-order valence-corrected chi connectivity index (χ4v) is 2.11. The Labute approximate surface area is 96.8 Å². The molecule has 0 bridgehead atoms. The highest BCUT2D eigenvalue weighted by Gasteiger charge is 2.14. The zero-order valence-electron chi connectivity index (χ0n) is 9.83. The number of hydrogen-bond donors (Lipinski definition) is 0. The van der Waals surface area contributed by atoms with Crippen molar-refractivity contribution in [2.24, 2.45) is 0 Å². The Kier molecular flexibility index (Phi) is 2.96. The van der Waals surface area contributed by atoms with Crippen molar-refractivity contribution in [3.8, 4) is 6.07 Å². The average Bonchev–Trinajstić information content (AvgIpc) is 2.29. The zero-order chi connectivity index (χ0) is 11.5. The molecule has 82 valence electrons. The molecule has 1 heterocycles.